The van der Waals surface area contributed by atoms with Crippen LogP contribution in [0.4, 0.5) is 5.69 Å². The van der Waals surface area contributed by atoms with Crippen molar-refractivity contribution in [1.29, 1.82) is 0 Å². The van der Waals surface area contributed by atoms with E-state index in [1.54, 1.807) is 13.4 Å². The number of aliphatic imine (C=N–C) groups is 1. The number of anilines is 1. The summed E-state index contributed by atoms with van der Waals surface area (Å²) < 4.78 is 16.8. The lowest BCUT2D eigenvalue weighted by atomic mass is 10.2. The summed E-state index contributed by atoms with van der Waals surface area (Å²) in [6.07, 6.45) is 5.05. The van der Waals surface area contributed by atoms with Crippen molar-refractivity contribution >= 4 is 35.6 Å². The summed E-state index contributed by atoms with van der Waals surface area (Å²) in [5, 5.41) is 3.55. The van der Waals surface area contributed by atoms with Crippen molar-refractivity contribution in [2.75, 3.05) is 57.9 Å². The van der Waals surface area contributed by atoms with E-state index in [1.807, 2.05) is 24.3 Å². The van der Waals surface area contributed by atoms with Crippen LogP contribution in [0.3, 0.4) is 0 Å². The largest absolute Gasteiger partial charge is 0.495 e. The predicted octanol–water partition coefficient (Wildman–Crippen LogP) is 3.40. The first-order chi connectivity index (χ1) is 14.8. The van der Waals surface area contributed by atoms with Gasteiger partial charge in [0.1, 0.15) is 11.5 Å². The van der Waals surface area contributed by atoms with E-state index in [0.717, 1.165) is 88.3 Å². The van der Waals surface area contributed by atoms with E-state index in [2.05, 4.69) is 27.2 Å². The van der Waals surface area contributed by atoms with Crippen LogP contribution in [-0.4, -0.2) is 69.9 Å². The van der Waals surface area contributed by atoms with Crippen molar-refractivity contribution in [3.05, 3.63) is 48.4 Å². The zero-order valence-electron chi connectivity index (χ0n) is 18.2. The molecule has 0 aliphatic carbocycles. The molecular formula is C23H33IN4O3. The van der Waals surface area contributed by atoms with Crippen molar-refractivity contribution in [3.63, 3.8) is 0 Å². The molecule has 1 N–H and O–H groups in total. The Hall–Kier alpha value is -1.94. The topological polar surface area (TPSA) is 62.5 Å². The van der Waals surface area contributed by atoms with Crippen molar-refractivity contribution in [3.8, 4) is 5.75 Å². The second-order valence-electron chi connectivity index (χ2n) is 7.70. The monoisotopic (exact) mass is 540 g/mol. The lowest BCUT2D eigenvalue weighted by molar-refractivity contribution is 0.117. The van der Waals surface area contributed by atoms with Gasteiger partial charge in [0.15, 0.2) is 5.96 Å². The molecule has 2 saturated heterocycles. The fourth-order valence-corrected chi connectivity index (χ4v) is 4.05. The van der Waals surface area contributed by atoms with Gasteiger partial charge in [0.05, 0.1) is 31.7 Å². The van der Waals surface area contributed by atoms with Gasteiger partial charge in [0.2, 0.25) is 0 Å². The van der Waals surface area contributed by atoms with Gasteiger partial charge in [0.25, 0.3) is 0 Å². The Morgan fingerprint density at radius 1 is 1.16 bits per heavy atom. The van der Waals surface area contributed by atoms with Gasteiger partial charge < -0.3 is 29.0 Å². The second kappa shape index (κ2) is 12.2. The van der Waals surface area contributed by atoms with Gasteiger partial charge in [-0.25, -0.2) is 0 Å². The smallest absolute Gasteiger partial charge is 0.194 e. The third-order valence-electron chi connectivity index (χ3n) is 5.71. The molecule has 0 saturated carbocycles. The highest BCUT2D eigenvalue weighted by atomic mass is 127. The number of ether oxygens (including phenoxy) is 2. The number of para-hydroxylation sites is 2. The van der Waals surface area contributed by atoms with Crippen LogP contribution < -0.4 is 15.0 Å². The molecule has 7 nitrogen and oxygen atoms in total. The highest BCUT2D eigenvalue weighted by Crippen LogP contribution is 2.28. The second-order valence-corrected chi connectivity index (χ2v) is 7.70. The molecule has 1 atom stereocenters. The fourth-order valence-electron chi connectivity index (χ4n) is 4.05. The number of benzene rings is 1. The van der Waals surface area contributed by atoms with E-state index in [1.165, 1.54) is 0 Å². The van der Waals surface area contributed by atoms with E-state index < -0.39 is 0 Å². The summed E-state index contributed by atoms with van der Waals surface area (Å²) in [4.78, 5) is 9.65. The van der Waals surface area contributed by atoms with Crippen LogP contribution in [0.25, 0.3) is 0 Å². The molecule has 2 aliphatic rings. The van der Waals surface area contributed by atoms with Gasteiger partial charge in [-0.15, -0.1) is 24.0 Å². The Balaban J connectivity index is 0.00000272. The van der Waals surface area contributed by atoms with Crippen LogP contribution in [0.15, 0.2) is 52.1 Å². The van der Waals surface area contributed by atoms with Crippen LogP contribution in [-0.2, 0) is 11.2 Å². The first-order valence-electron chi connectivity index (χ1n) is 10.9. The maximum absolute atomic E-state index is 5.76. The minimum Gasteiger partial charge on any atom is -0.495 e. The van der Waals surface area contributed by atoms with Gasteiger partial charge in [-0.05, 0) is 37.1 Å². The van der Waals surface area contributed by atoms with Crippen LogP contribution in [0.5, 0.6) is 5.75 Å². The van der Waals surface area contributed by atoms with Crippen molar-refractivity contribution < 1.29 is 13.9 Å². The van der Waals surface area contributed by atoms with E-state index in [4.69, 9.17) is 18.9 Å². The van der Waals surface area contributed by atoms with Gasteiger partial charge in [-0.1, -0.05) is 12.1 Å². The van der Waals surface area contributed by atoms with Crippen LogP contribution >= 0.6 is 24.0 Å². The highest BCUT2D eigenvalue weighted by Gasteiger charge is 2.23. The van der Waals surface area contributed by atoms with Gasteiger partial charge in [-0.3, -0.25) is 4.99 Å². The third kappa shape index (κ3) is 6.52. The van der Waals surface area contributed by atoms with E-state index in [9.17, 15) is 0 Å². The Kier molecular flexibility index (Phi) is 9.32. The maximum Gasteiger partial charge on any atom is 0.194 e. The molecular weight excluding hydrogens is 507 g/mol. The van der Waals surface area contributed by atoms with Crippen molar-refractivity contribution in [2.24, 2.45) is 4.99 Å². The Morgan fingerprint density at radius 3 is 2.71 bits per heavy atom. The summed E-state index contributed by atoms with van der Waals surface area (Å²) in [7, 11) is 1.73. The predicted molar refractivity (Wildman–Crippen MR) is 134 cm³/mol. The van der Waals surface area contributed by atoms with E-state index in [0.29, 0.717) is 0 Å². The Labute approximate surface area is 201 Å². The minimum atomic E-state index is 0. The molecule has 4 rings (SSSR count). The van der Waals surface area contributed by atoms with Crippen molar-refractivity contribution in [1.82, 2.24) is 10.2 Å². The van der Waals surface area contributed by atoms with E-state index in [-0.39, 0.29) is 30.1 Å². The molecule has 1 aromatic carbocycles. The number of methoxy groups -OCH3 is 1. The summed E-state index contributed by atoms with van der Waals surface area (Å²) >= 11 is 0. The Bertz CT molecular complexity index is 801. The molecule has 170 valence electrons. The number of hydrogen-bond acceptors (Lipinski definition) is 5. The summed E-state index contributed by atoms with van der Waals surface area (Å²) in [5.41, 5.74) is 1.16. The molecule has 3 heterocycles. The summed E-state index contributed by atoms with van der Waals surface area (Å²) in [6, 6.07) is 12.2. The number of nitrogens with one attached hydrogen (secondary N) is 1. The lowest BCUT2D eigenvalue weighted by Gasteiger charge is -2.38. The number of rotatable bonds is 7. The average Bonchev–Trinajstić information content (AvgIpc) is 3.50. The molecule has 1 unspecified atom stereocenters. The summed E-state index contributed by atoms with van der Waals surface area (Å²) in [5.74, 6) is 2.88. The molecule has 2 aliphatic heterocycles. The zero-order valence-corrected chi connectivity index (χ0v) is 20.5. The first-order valence-corrected chi connectivity index (χ1v) is 10.9. The fraction of sp³-hybridized carbons (Fsp3) is 0.522. The normalized spacial score (nSPS) is 19.3. The van der Waals surface area contributed by atoms with Crippen LogP contribution in [0.2, 0.25) is 0 Å². The van der Waals surface area contributed by atoms with Gasteiger partial charge in [0, 0.05) is 45.8 Å². The molecule has 8 heteroatoms. The summed E-state index contributed by atoms with van der Waals surface area (Å²) in [6.45, 7) is 6.06. The minimum absolute atomic E-state index is 0. The van der Waals surface area contributed by atoms with Crippen LogP contribution in [0.1, 0.15) is 18.6 Å². The number of hydrogen-bond donors (Lipinski definition) is 1. The SMILES string of the molecule is COc1ccccc1N1CCN(C(=NCC2CCCO2)NCCc2ccco2)CC1.I. The number of guanidine groups is 1. The van der Waals surface area contributed by atoms with E-state index >= 15 is 0 Å². The first kappa shape index (κ1) is 23.7. The number of halogens is 1. The quantitative estimate of drug-likeness (QED) is 0.330. The molecule has 31 heavy (non-hydrogen) atoms. The molecule has 0 amide bonds. The van der Waals surface area contributed by atoms with Gasteiger partial charge >= 0.3 is 0 Å². The van der Waals surface area contributed by atoms with Gasteiger partial charge in [-0.2, -0.15) is 0 Å². The molecule has 0 spiro atoms. The number of furan rings is 1. The van der Waals surface area contributed by atoms with Crippen LogP contribution in [0, 0.1) is 0 Å². The highest BCUT2D eigenvalue weighted by molar-refractivity contribution is 14.0. The number of nitrogens with zero attached hydrogens (tertiary/aromatic N) is 3. The average molecular weight is 540 g/mol. The molecule has 2 aromatic rings. The molecule has 2 fully saturated rings. The maximum atomic E-state index is 5.76. The number of piperazine rings is 1. The lowest BCUT2D eigenvalue weighted by Crippen LogP contribution is -2.53. The zero-order chi connectivity index (χ0) is 20.6. The standard InChI is InChI=1S/C23H32N4O3.HI/c1-28-22-9-3-2-8-21(22)26-12-14-27(15-13-26)23(25-18-20-7-5-17-30-20)24-11-10-19-6-4-16-29-19;/h2-4,6,8-9,16,20H,5,7,10-15,17-18H2,1H3,(H,24,25);1H. The van der Waals surface area contributed by atoms with Crippen molar-refractivity contribution in [2.45, 2.75) is 25.4 Å². The Morgan fingerprint density at radius 2 is 2.00 bits per heavy atom. The third-order valence-corrected chi connectivity index (χ3v) is 5.71. The molecule has 0 bridgehead atoms. The molecule has 1 aromatic heterocycles. The molecule has 0 radical (unpaired) electrons.